The number of carbonyl (C=O) groups is 3. The lowest BCUT2D eigenvalue weighted by Gasteiger charge is -2.18. The maximum absolute atomic E-state index is 12.9. The predicted molar refractivity (Wildman–Crippen MR) is 316 cm³/mol. The van der Waals surface area contributed by atoms with Crippen molar-refractivity contribution >= 4 is 17.9 Å². The van der Waals surface area contributed by atoms with E-state index in [1.54, 1.807) is 0 Å². The molecule has 0 amide bonds. The van der Waals surface area contributed by atoms with E-state index in [4.69, 9.17) is 14.2 Å². The average Bonchev–Trinajstić information content (AvgIpc) is 3.39. The Labute approximate surface area is 450 Å². The molecule has 6 nitrogen and oxygen atoms in total. The SMILES string of the molecule is CC/C=C\C/C=C\C/C=C\C/C=C\C/C=C\CCCCCC(=O)OCC(COC(=O)CCCCCC/C=C\C/C=C\C/C=C\C/C=C\CC)OC(=O)CCCCCCCCCCCCCCCCCCCCC. The van der Waals surface area contributed by atoms with Crippen LogP contribution in [-0.2, 0) is 28.6 Å². The van der Waals surface area contributed by atoms with Crippen molar-refractivity contribution in [2.45, 2.75) is 284 Å². The molecule has 0 heterocycles. The molecule has 0 saturated carbocycles. The van der Waals surface area contributed by atoms with Gasteiger partial charge in [-0.3, -0.25) is 14.4 Å². The largest absolute Gasteiger partial charge is 0.462 e. The molecule has 6 heteroatoms. The molecule has 0 fully saturated rings. The lowest BCUT2D eigenvalue weighted by Crippen LogP contribution is -2.30. The zero-order chi connectivity index (χ0) is 52.9. The second kappa shape index (κ2) is 60.6. The van der Waals surface area contributed by atoms with E-state index in [1.807, 2.05) is 0 Å². The predicted octanol–water partition coefficient (Wildman–Crippen LogP) is 20.7. The average molecular weight is 1010 g/mol. The minimum Gasteiger partial charge on any atom is -0.462 e. The molecule has 0 aliphatic heterocycles. The van der Waals surface area contributed by atoms with E-state index in [2.05, 4.69) is 130 Å². The van der Waals surface area contributed by atoms with Crippen LogP contribution in [0.15, 0.2) is 109 Å². The quantitative estimate of drug-likeness (QED) is 0.0261. The summed E-state index contributed by atoms with van der Waals surface area (Å²) in [6.07, 6.45) is 82.3. The smallest absolute Gasteiger partial charge is 0.306 e. The van der Waals surface area contributed by atoms with Crippen molar-refractivity contribution in [3.63, 3.8) is 0 Å². The fraction of sp³-hybridized carbons (Fsp3) is 0.687. The van der Waals surface area contributed by atoms with Gasteiger partial charge in [0.25, 0.3) is 0 Å². The number of hydrogen-bond acceptors (Lipinski definition) is 6. The second-order valence-electron chi connectivity index (χ2n) is 19.9. The lowest BCUT2D eigenvalue weighted by atomic mass is 10.0. The summed E-state index contributed by atoms with van der Waals surface area (Å²) in [6.45, 7) is 6.39. The fourth-order valence-electron chi connectivity index (χ4n) is 8.28. The molecule has 0 spiro atoms. The molecule has 1 unspecified atom stereocenters. The van der Waals surface area contributed by atoms with Crippen LogP contribution in [0.5, 0.6) is 0 Å². The highest BCUT2D eigenvalue weighted by atomic mass is 16.6. The van der Waals surface area contributed by atoms with E-state index in [0.717, 1.165) is 135 Å². The van der Waals surface area contributed by atoms with Crippen LogP contribution in [0.2, 0.25) is 0 Å². The summed E-state index contributed by atoms with van der Waals surface area (Å²) in [4.78, 5) is 38.3. The highest BCUT2D eigenvalue weighted by molar-refractivity contribution is 5.71. The van der Waals surface area contributed by atoms with Crippen LogP contribution in [0.3, 0.4) is 0 Å². The number of allylic oxidation sites excluding steroid dienone is 18. The first-order valence-corrected chi connectivity index (χ1v) is 30.4. The molecule has 0 radical (unpaired) electrons. The molecule has 0 aromatic rings. The molecular weight excluding hydrogens is 901 g/mol. The highest BCUT2D eigenvalue weighted by Crippen LogP contribution is 2.16. The molecule has 416 valence electrons. The molecule has 1 atom stereocenters. The molecule has 0 rings (SSSR count). The Bertz CT molecular complexity index is 1490. The molecule has 0 N–H and O–H groups in total. The lowest BCUT2D eigenvalue weighted by molar-refractivity contribution is -0.167. The number of unbranched alkanes of at least 4 members (excludes halogenated alkanes) is 25. The van der Waals surface area contributed by atoms with Gasteiger partial charge in [-0.15, -0.1) is 0 Å². The molecule has 0 aliphatic carbocycles. The Morgan fingerprint density at radius 1 is 0.288 bits per heavy atom. The van der Waals surface area contributed by atoms with Crippen molar-refractivity contribution in [1.82, 2.24) is 0 Å². The van der Waals surface area contributed by atoms with Crippen molar-refractivity contribution in [2.24, 2.45) is 0 Å². The summed E-state index contributed by atoms with van der Waals surface area (Å²) in [6, 6.07) is 0. The number of rotatable bonds is 54. The van der Waals surface area contributed by atoms with E-state index in [1.165, 1.54) is 103 Å². The van der Waals surface area contributed by atoms with Crippen molar-refractivity contribution < 1.29 is 28.6 Å². The first-order chi connectivity index (χ1) is 36.0. The van der Waals surface area contributed by atoms with Crippen LogP contribution >= 0.6 is 0 Å². The summed E-state index contributed by atoms with van der Waals surface area (Å²) >= 11 is 0. The zero-order valence-corrected chi connectivity index (χ0v) is 47.6. The van der Waals surface area contributed by atoms with Crippen LogP contribution in [0.25, 0.3) is 0 Å². The molecule has 0 aromatic heterocycles. The van der Waals surface area contributed by atoms with Crippen LogP contribution in [-0.4, -0.2) is 37.2 Å². The van der Waals surface area contributed by atoms with Gasteiger partial charge >= 0.3 is 17.9 Å². The Balaban J connectivity index is 4.48. The minimum absolute atomic E-state index is 0.101. The minimum atomic E-state index is -0.804. The van der Waals surface area contributed by atoms with E-state index in [9.17, 15) is 14.4 Å². The van der Waals surface area contributed by atoms with Crippen molar-refractivity contribution in [1.29, 1.82) is 0 Å². The first-order valence-electron chi connectivity index (χ1n) is 30.4. The molecule has 0 bridgehead atoms. The third-order valence-electron chi connectivity index (χ3n) is 12.8. The van der Waals surface area contributed by atoms with Gasteiger partial charge in [-0.1, -0.05) is 265 Å². The monoisotopic (exact) mass is 1010 g/mol. The van der Waals surface area contributed by atoms with Crippen LogP contribution < -0.4 is 0 Å². The van der Waals surface area contributed by atoms with E-state index in [0.29, 0.717) is 19.3 Å². The van der Waals surface area contributed by atoms with Gasteiger partial charge in [0, 0.05) is 19.3 Å². The Kier molecular flexibility index (Phi) is 57.4. The summed E-state index contributed by atoms with van der Waals surface area (Å²) < 4.78 is 16.9. The second-order valence-corrected chi connectivity index (χ2v) is 19.9. The maximum Gasteiger partial charge on any atom is 0.306 e. The number of carbonyl (C=O) groups excluding carboxylic acids is 3. The highest BCUT2D eigenvalue weighted by Gasteiger charge is 2.19. The molecule has 0 aliphatic rings. The van der Waals surface area contributed by atoms with Crippen molar-refractivity contribution in [3.05, 3.63) is 109 Å². The third-order valence-corrected chi connectivity index (χ3v) is 12.8. The maximum atomic E-state index is 12.9. The van der Waals surface area contributed by atoms with Gasteiger partial charge < -0.3 is 14.2 Å². The summed E-state index contributed by atoms with van der Waals surface area (Å²) in [5.74, 6) is -0.948. The zero-order valence-electron chi connectivity index (χ0n) is 47.6. The molecule has 0 saturated heterocycles. The van der Waals surface area contributed by atoms with Gasteiger partial charge in [0.15, 0.2) is 6.10 Å². The Hall–Kier alpha value is -3.93. The number of ether oxygens (including phenoxy) is 3. The fourth-order valence-corrected chi connectivity index (χ4v) is 8.28. The Morgan fingerprint density at radius 2 is 0.534 bits per heavy atom. The standard InChI is InChI=1S/C67H112O6/c1-4-7-10-13-16-19-22-25-28-31-33-36-39-42-45-48-51-54-57-60-66(69)72-63-64(62-71-65(68)59-56-53-50-47-44-41-38-35-30-27-24-21-18-15-12-9-6-3)73-67(70)61-58-55-52-49-46-43-40-37-34-32-29-26-23-20-17-14-11-8-5-2/h7,9-10,12,16,18-19,21,25,27-28,30,33,36,38,41-42,45,64H,4-6,8,11,13-15,17,20,22-24,26,29,31-32,34-35,37,39-40,43-44,46-63H2,1-3H3/b10-7-,12-9-,19-16-,21-18-,28-25-,30-27-,36-33-,41-38-,45-42-. The topological polar surface area (TPSA) is 78.9 Å². The van der Waals surface area contributed by atoms with Gasteiger partial charge in [-0.2, -0.15) is 0 Å². The van der Waals surface area contributed by atoms with Gasteiger partial charge in [0.1, 0.15) is 13.2 Å². The van der Waals surface area contributed by atoms with E-state index >= 15 is 0 Å². The summed E-state index contributed by atoms with van der Waals surface area (Å²) in [7, 11) is 0. The van der Waals surface area contributed by atoms with Crippen LogP contribution in [0.4, 0.5) is 0 Å². The molecule has 73 heavy (non-hydrogen) atoms. The van der Waals surface area contributed by atoms with Crippen LogP contribution in [0, 0.1) is 0 Å². The van der Waals surface area contributed by atoms with Crippen LogP contribution in [0.1, 0.15) is 278 Å². The van der Waals surface area contributed by atoms with Crippen molar-refractivity contribution in [3.8, 4) is 0 Å². The summed E-state index contributed by atoms with van der Waals surface area (Å²) in [5.41, 5.74) is 0. The summed E-state index contributed by atoms with van der Waals surface area (Å²) in [5, 5.41) is 0. The van der Waals surface area contributed by atoms with E-state index in [-0.39, 0.29) is 31.1 Å². The Morgan fingerprint density at radius 3 is 0.849 bits per heavy atom. The number of hydrogen-bond donors (Lipinski definition) is 0. The van der Waals surface area contributed by atoms with Gasteiger partial charge in [-0.25, -0.2) is 0 Å². The van der Waals surface area contributed by atoms with Gasteiger partial charge in [0.2, 0.25) is 0 Å². The first kappa shape index (κ1) is 69.1. The molecule has 0 aromatic carbocycles. The van der Waals surface area contributed by atoms with Gasteiger partial charge in [0.05, 0.1) is 0 Å². The van der Waals surface area contributed by atoms with Gasteiger partial charge in [-0.05, 0) is 103 Å². The third kappa shape index (κ3) is 58.8. The normalized spacial score (nSPS) is 12.9. The van der Waals surface area contributed by atoms with E-state index < -0.39 is 6.10 Å². The molecular formula is C67H112O6. The van der Waals surface area contributed by atoms with Crippen molar-refractivity contribution in [2.75, 3.05) is 13.2 Å². The number of esters is 3.